The van der Waals surface area contributed by atoms with E-state index in [1.54, 1.807) is 17.0 Å². The highest BCUT2D eigenvalue weighted by atomic mass is 19.4. The predicted molar refractivity (Wildman–Crippen MR) is 122 cm³/mol. The van der Waals surface area contributed by atoms with Crippen molar-refractivity contribution in [3.63, 3.8) is 0 Å². The first-order valence-electron chi connectivity index (χ1n) is 11.4. The Morgan fingerprint density at radius 1 is 1.00 bits per heavy atom. The van der Waals surface area contributed by atoms with Gasteiger partial charge in [0.25, 0.3) is 5.91 Å². The zero-order valence-electron chi connectivity index (χ0n) is 19.2. The van der Waals surface area contributed by atoms with Crippen molar-refractivity contribution in [2.24, 2.45) is 0 Å². The molecule has 0 bridgehead atoms. The fourth-order valence-corrected chi connectivity index (χ4v) is 4.61. The Kier molecular flexibility index (Phi) is 6.43. The van der Waals surface area contributed by atoms with E-state index >= 15 is 0 Å². The van der Waals surface area contributed by atoms with Gasteiger partial charge in [-0.25, -0.2) is 0 Å². The fourth-order valence-electron chi connectivity index (χ4n) is 4.61. The second kappa shape index (κ2) is 9.16. The van der Waals surface area contributed by atoms with Gasteiger partial charge in [0.15, 0.2) is 0 Å². The third-order valence-electron chi connectivity index (χ3n) is 6.53. The second-order valence-electron chi connectivity index (χ2n) is 8.57. The van der Waals surface area contributed by atoms with E-state index in [1.165, 1.54) is 0 Å². The summed E-state index contributed by atoms with van der Waals surface area (Å²) in [6.07, 6.45) is -2.40. The van der Waals surface area contributed by atoms with E-state index in [0.717, 1.165) is 21.6 Å². The molecule has 2 heterocycles. The van der Waals surface area contributed by atoms with E-state index in [4.69, 9.17) is 4.74 Å². The van der Waals surface area contributed by atoms with Gasteiger partial charge in [-0.1, -0.05) is 30.3 Å². The molecule has 0 atom stereocenters. The zero-order chi connectivity index (χ0) is 24.5. The van der Waals surface area contributed by atoms with Gasteiger partial charge in [0.2, 0.25) is 0 Å². The van der Waals surface area contributed by atoms with Crippen LogP contribution in [0, 0.1) is 0 Å². The maximum absolute atomic E-state index is 12.9. The Labute approximate surface area is 196 Å². The van der Waals surface area contributed by atoms with Crippen molar-refractivity contribution in [2.75, 3.05) is 26.2 Å². The first-order valence-corrected chi connectivity index (χ1v) is 11.4. The maximum Gasteiger partial charge on any atom is 0.471 e. The number of likely N-dealkylation sites (tertiary alicyclic amines) is 1. The second-order valence-corrected chi connectivity index (χ2v) is 8.57. The number of halogens is 3. The van der Waals surface area contributed by atoms with Crippen LogP contribution in [0.1, 0.15) is 48.2 Å². The van der Waals surface area contributed by atoms with Crippen molar-refractivity contribution in [3.8, 4) is 5.75 Å². The maximum atomic E-state index is 12.9. The van der Waals surface area contributed by atoms with Crippen LogP contribution in [0.5, 0.6) is 5.75 Å². The van der Waals surface area contributed by atoms with Crippen molar-refractivity contribution >= 4 is 17.4 Å². The van der Waals surface area contributed by atoms with Crippen LogP contribution in [0.25, 0.3) is 5.57 Å². The Morgan fingerprint density at radius 3 is 2.21 bits per heavy atom. The van der Waals surface area contributed by atoms with E-state index in [2.05, 4.69) is 0 Å². The van der Waals surface area contributed by atoms with E-state index in [9.17, 15) is 22.8 Å². The molecule has 0 unspecified atom stereocenters. The van der Waals surface area contributed by atoms with Gasteiger partial charge in [0.1, 0.15) is 11.4 Å². The van der Waals surface area contributed by atoms with Crippen molar-refractivity contribution < 1.29 is 27.5 Å². The third kappa shape index (κ3) is 4.54. The average Bonchev–Trinajstić information content (AvgIpc) is 2.84. The molecule has 2 amide bonds. The number of benzene rings is 2. The van der Waals surface area contributed by atoms with Gasteiger partial charge in [-0.15, -0.1) is 0 Å². The predicted octanol–water partition coefficient (Wildman–Crippen LogP) is 4.92. The number of ether oxygens (including phenoxy) is 1. The minimum Gasteiger partial charge on any atom is -0.482 e. The Balaban J connectivity index is 1.63. The van der Waals surface area contributed by atoms with Crippen LogP contribution >= 0.6 is 0 Å². The molecular weight excluding hydrogens is 445 g/mol. The highest BCUT2D eigenvalue weighted by Crippen LogP contribution is 2.43. The van der Waals surface area contributed by atoms with Crippen molar-refractivity contribution in [1.82, 2.24) is 9.80 Å². The molecule has 1 fully saturated rings. The monoisotopic (exact) mass is 472 g/mol. The summed E-state index contributed by atoms with van der Waals surface area (Å²) < 4.78 is 44.9. The Bertz CT molecular complexity index is 1100. The minimum atomic E-state index is -4.88. The van der Waals surface area contributed by atoms with Gasteiger partial charge in [0.05, 0.1) is 0 Å². The summed E-state index contributed by atoms with van der Waals surface area (Å²) in [5, 5.41) is 0. The smallest absolute Gasteiger partial charge is 0.471 e. The SMILES string of the molecule is CCN(CC)C(=O)c1ccc(C2=CC3(CCN(C(=O)C(F)(F)F)CC3)Oc3ccccc32)cc1. The van der Waals surface area contributed by atoms with E-state index in [-0.39, 0.29) is 31.8 Å². The molecule has 2 aliphatic heterocycles. The first-order chi connectivity index (χ1) is 16.2. The van der Waals surface area contributed by atoms with Gasteiger partial charge < -0.3 is 14.5 Å². The number of para-hydroxylation sites is 1. The van der Waals surface area contributed by atoms with Crippen molar-refractivity contribution in [1.29, 1.82) is 0 Å². The van der Waals surface area contributed by atoms with Crippen LogP contribution in [0.4, 0.5) is 13.2 Å². The van der Waals surface area contributed by atoms with Crippen molar-refractivity contribution in [2.45, 2.75) is 38.5 Å². The largest absolute Gasteiger partial charge is 0.482 e. The molecule has 8 heteroatoms. The van der Waals surface area contributed by atoms with E-state index in [1.807, 2.05) is 56.3 Å². The van der Waals surface area contributed by atoms with Gasteiger partial charge in [0, 0.05) is 50.1 Å². The molecule has 5 nitrogen and oxygen atoms in total. The molecule has 2 aromatic rings. The summed E-state index contributed by atoms with van der Waals surface area (Å²) in [6, 6.07) is 14.9. The Morgan fingerprint density at radius 2 is 1.62 bits per heavy atom. The summed E-state index contributed by atoms with van der Waals surface area (Å²) in [4.78, 5) is 26.9. The number of alkyl halides is 3. The molecule has 0 aromatic heterocycles. The molecular formula is C26H27F3N2O3. The van der Waals surface area contributed by atoms with Crippen LogP contribution in [-0.2, 0) is 4.79 Å². The van der Waals surface area contributed by atoms with Crippen LogP contribution in [0.2, 0.25) is 0 Å². The number of fused-ring (bicyclic) bond motifs is 1. The summed E-state index contributed by atoms with van der Waals surface area (Å²) in [7, 11) is 0. The average molecular weight is 473 g/mol. The molecule has 1 spiro atoms. The third-order valence-corrected chi connectivity index (χ3v) is 6.53. The molecule has 180 valence electrons. The van der Waals surface area contributed by atoms with Gasteiger partial charge in [-0.3, -0.25) is 9.59 Å². The van der Waals surface area contributed by atoms with Gasteiger partial charge in [-0.05, 0) is 49.3 Å². The van der Waals surface area contributed by atoms with E-state index < -0.39 is 17.7 Å². The summed E-state index contributed by atoms with van der Waals surface area (Å²) in [6.45, 7) is 5.05. The summed E-state index contributed by atoms with van der Waals surface area (Å²) in [5.41, 5.74) is 2.47. The number of amides is 2. The Hall–Kier alpha value is -3.29. The highest BCUT2D eigenvalue weighted by Gasteiger charge is 2.46. The van der Waals surface area contributed by atoms with E-state index in [0.29, 0.717) is 24.4 Å². The molecule has 34 heavy (non-hydrogen) atoms. The number of hydrogen-bond acceptors (Lipinski definition) is 3. The number of carbonyl (C=O) groups excluding carboxylic acids is 2. The van der Waals surface area contributed by atoms with Crippen LogP contribution in [0.15, 0.2) is 54.6 Å². The molecule has 4 rings (SSSR count). The standard InChI is InChI=1S/C26H27F3N2O3/c1-3-30(4-2)23(32)19-11-9-18(10-12-19)21-17-25(34-22-8-6-5-7-20(21)22)13-15-31(16-14-25)24(33)26(27,28)29/h5-12,17H,3-4,13-16H2,1-2H3. The molecule has 0 aliphatic carbocycles. The lowest BCUT2D eigenvalue weighted by molar-refractivity contribution is -0.187. The van der Waals surface area contributed by atoms with Crippen LogP contribution in [-0.4, -0.2) is 59.6 Å². The molecule has 1 saturated heterocycles. The molecule has 0 radical (unpaired) electrons. The topological polar surface area (TPSA) is 49.9 Å². The number of rotatable bonds is 4. The van der Waals surface area contributed by atoms with Crippen molar-refractivity contribution in [3.05, 3.63) is 71.3 Å². The molecule has 0 N–H and O–H groups in total. The number of hydrogen-bond donors (Lipinski definition) is 0. The zero-order valence-corrected chi connectivity index (χ0v) is 19.2. The highest BCUT2D eigenvalue weighted by molar-refractivity contribution is 5.95. The fraction of sp³-hybridized carbons (Fsp3) is 0.385. The molecule has 2 aromatic carbocycles. The van der Waals surface area contributed by atoms with Crippen LogP contribution < -0.4 is 4.74 Å². The first kappa shape index (κ1) is 23.9. The lowest BCUT2D eigenvalue weighted by Gasteiger charge is -2.43. The van der Waals surface area contributed by atoms with Gasteiger partial charge >= 0.3 is 12.1 Å². The van der Waals surface area contributed by atoms with Crippen LogP contribution in [0.3, 0.4) is 0 Å². The normalized spacial score (nSPS) is 17.0. The summed E-state index contributed by atoms with van der Waals surface area (Å²) in [5.74, 6) is -1.19. The molecule has 2 aliphatic rings. The quantitative estimate of drug-likeness (QED) is 0.635. The van der Waals surface area contributed by atoms with Gasteiger partial charge in [-0.2, -0.15) is 13.2 Å². The number of carbonyl (C=O) groups is 2. The lowest BCUT2D eigenvalue weighted by atomic mass is 9.82. The molecule has 0 saturated carbocycles. The minimum absolute atomic E-state index is 0.0314. The number of nitrogens with zero attached hydrogens (tertiary/aromatic N) is 2. The summed E-state index contributed by atoms with van der Waals surface area (Å²) >= 11 is 0. The lowest BCUT2D eigenvalue weighted by Crippen LogP contribution is -2.52. The number of piperidine rings is 1.